The van der Waals surface area contributed by atoms with Crippen molar-refractivity contribution in [3.05, 3.63) is 18.2 Å². The smallest absolute Gasteiger partial charge is 0.215 e. The van der Waals surface area contributed by atoms with Crippen molar-refractivity contribution in [2.24, 2.45) is 0 Å². The van der Waals surface area contributed by atoms with Crippen molar-refractivity contribution in [1.29, 1.82) is 0 Å². The van der Waals surface area contributed by atoms with Crippen LogP contribution in [0.15, 0.2) is 12.3 Å². The molecular formula is C10H13F2N3. The van der Waals surface area contributed by atoms with Crippen LogP contribution in [0.25, 0.3) is 0 Å². The number of nitrogens with zero attached hydrogens (tertiary/aromatic N) is 2. The molecule has 5 heteroatoms. The Morgan fingerprint density at radius 2 is 2.07 bits per heavy atom. The number of hydrogen-bond donors (Lipinski definition) is 1. The van der Waals surface area contributed by atoms with Crippen LogP contribution in [0, 0.1) is 5.95 Å². The van der Waals surface area contributed by atoms with Crippen molar-refractivity contribution in [3.63, 3.8) is 0 Å². The summed E-state index contributed by atoms with van der Waals surface area (Å²) in [6.07, 6.45) is 1.51. The molecule has 1 aliphatic heterocycles. The summed E-state index contributed by atoms with van der Waals surface area (Å²) < 4.78 is 25.8. The maximum absolute atomic E-state index is 12.9. The third-order valence-electron chi connectivity index (χ3n) is 2.64. The lowest BCUT2D eigenvalue weighted by atomic mass is 10.1. The number of anilines is 2. The highest BCUT2D eigenvalue weighted by atomic mass is 19.1. The van der Waals surface area contributed by atoms with Gasteiger partial charge in [-0.05, 0) is 12.8 Å². The van der Waals surface area contributed by atoms with Crippen molar-refractivity contribution in [1.82, 2.24) is 4.98 Å². The summed E-state index contributed by atoms with van der Waals surface area (Å²) in [6, 6.07) is 1.30. The first-order chi connectivity index (χ1) is 7.16. The molecule has 1 saturated heterocycles. The zero-order valence-corrected chi connectivity index (χ0v) is 8.29. The van der Waals surface area contributed by atoms with Gasteiger partial charge in [-0.2, -0.15) is 4.39 Å². The van der Waals surface area contributed by atoms with Crippen LogP contribution in [-0.2, 0) is 0 Å². The number of rotatable bonds is 1. The van der Waals surface area contributed by atoms with Gasteiger partial charge in [-0.25, -0.2) is 9.37 Å². The zero-order chi connectivity index (χ0) is 10.8. The largest absolute Gasteiger partial charge is 0.396 e. The molecule has 1 aliphatic rings. The molecule has 3 nitrogen and oxygen atoms in total. The van der Waals surface area contributed by atoms with Gasteiger partial charge in [0.2, 0.25) is 5.95 Å². The number of halogens is 2. The van der Waals surface area contributed by atoms with E-state index in [1.165, 1.54) is 12.3 Å². The predicted octanol–water partition coefficient (Wildman–Crippen LogP) is 1.74. The first-order valence-electron chi connectivity index (χ1n) is 4.97. The molecule has 0 unspecified atom stereocenters. The van der Waals surface area contributed by atoms with Crippen LogP contribution in [0.2, 0.25) is 0 Å². The van der Waals surface area contributed by atoms with Gasteiger partial charge < -0.3 is 10.6 Å². The summed E-state index contributed by atoms with van der Waals surface area (Å²) in [6.45, 7) is 1.16. The molecule has 0 atom stereocenters. The van der Waals surface area contributed by atoms with Gasteiger partial charge in [-0.15, -0.1) is 0 Å². The fourth-order valence-corrected chi connectivity index (χ4v) is 1.79. The van der Waals surface area contributed by atoms with E-state index in [0.29, 0.717) is 37.3 Å². The molecule has 2 rings (SSSR count). The first-order valence-corrected chi connectivity index (χ1v) is 4.97. The molecule has 2 N–H and O–H groups in total. The van der Waals surface area contributed by atoms with Crippen molar-refractivity contribution >= 4 is 11.4 Å². The second-order valence-electron chi connectivity index (χ2n) is 3.73. The summed E-state index contributed by atoms with van der Waals surface area (Å²) in [5, 5.41) is 0. The summed E-state index contributed by atoms with van der Waals surface area (Å²) in [4.78, 5) is 5.36. The normalized spacial score (nSPS) is 18.1. The SMILES string of the molecule is Nc1cnc(F)cc1N1CCC(F)CC1. The Morgan fingerprint density at radius 3 is 2.73 bits per heavy atom. The van der Waals surface area contributed by atoms with Crippen LogP contribution in [0.1, 0.15) is 12.8 Å². The van der Waals surface area contributed by atoms with E-state index >= 15 is 0 Å². The fraction of sp³-hybridized carbons (Fsp3) is 0.500. The Hall–Kier alpha value is -1.39. The number of pyridine rings is 1. The van der Waals surface area contributed by atoms with Gasteiger partial charge in [-0.1, -0.05) is 0 Å². The molecule has 0 amide bonds. The average Bonchev–Trinajstić information content (AvgIpc) is 2.23. The standard InChI is InChI=1S/C10H13F2N3/c11-7-1-3-15(4-2-7)9-5-10(12)14-6-8(9)13/h5-7H,1-4,13H2. The Labute approximate surface area is 86.9 Å². The van der Waals surface area contributed by atoms with Gasteiger partial charge in [0, 0.05) is 19.2 Å². The van der Waals surface area contributed by atoms with Crippen molar-refractivity contribution in [2.75, 3.05) is 23.7 Å². The molecule has 1 aromatic heterocycles. The van der Waals surface area contributed by atoms with Crippen LogP contribution in [0.5, 0.6) is 0 Å². The molecule has 1 aromatic rings. The van der Waals surface area contributed by atoms with E-state index in [1.807, 2.05) is 4.90 Å². The van der Waals surface area contributed by atoms with E-state index in [-0.39, 0.29) is 0 Å². The second kappa shape index (κ2) is 4.00. The number of nitrogens with two attached hydrogens (primary N) is 1. The molecular weight excluding hydrogens is 200 g/mol. The Morgan fingerprint density at radius 1 is 1.40 bits per heavy atom. The van der Waals surface area contributed by atoms with Gasteiger partial charge in [0.05, 0.1) is 17.6 Å². The lowest BCUT2D eigenvalue weighted by molar-refractivity contribution is 0.277. The quantitative estimate of drug-likeness (QED) is 0.722. The highest BCUT2D eigenvalue weighted by molar-refractivity contribution is 5.66. The lowest BCUT2D eigenvalue weighted by Crippen LogP contribution is -2.34. The highest BCUT2D eigenvalue weighted by Crippen LogP contribution is 2.26. The molecule has 0 bridgehead atoms. The van der Waals surface area contributed by atoms with Gasteiger partial charge in [0.1, 0.15) is 6.17 Å². The third-order valence-corrected chi connectivity index (χ3v) is 2.64. The van der Waals surface area contributed by atoms with E-state index < -0.39 is 12.1 Å². The Bertz CT molecular complexity index is 349. The average molecular weight is 213 g/mol. The molecule has 0 saturated carbocycles. The van der Waals surface area contributed by atoms with Crippen molar-refractivity contribution in [2.45, 2.75) is 19.0 Å². The monoisotopic (exact) mass is 213 g/mol. The maximum Gasteiger partial charge on any atom is 0.215 e. The number of piperidine rings is 1. The van der Waals surface area contributed by atoms with E-state index in [9.17, 15) is 8.78 Å². The number of alkyl halides is 1. The number of nitrogen functional groups attached to an aromatic ring is 1. The second-order valence-corrected chi connectivity index (χ2v) is 3.73. The Balaban J connectivity index is 2.18. The molecule has 0 aliphatic carbocycles. The van der Waals surface area contributed by atoms with Crippen LogP contribution >= 0.6 is 0 Å². The molecule has 0 spiro atoms. The molecule has 82 valence electrons. The van der Waals surface area contributed by atoms with Crippen LogP contribution in [-0.4, -0.2) is 24.2 Å². The minimum Gasteiger partial charge on any atom is -0.396 e. The van der Waals surface area contributed by atoms with E-state index in [1.54, 1.807) is 0 Å². The van der Waals surface area contributed by atoms with Gasteiger partial charge in [-0.3, -0.25) is 0 Å². The van der Waals surface area contributed by atoms with Gasteiger partial charge in [0.15, 0.2) is 0 Å². The lowest BCUT2D eigenvalue weighted by Gasteiger charge is -2.31. The van der Waals surface area contributed by atoms with Crippen LogP contribution in [0.3, 0.4) is 0 Å². The van der Waals surface area contributed by atoms with E-state index in [0.717, 1.165) is 0 Å². The number of aromatic nitrogens is 1. The third kappa shape index (κ3) is 2.16. The Kier molecular flexibility index (Phi) is 2.70. The molecule has 0 aromatic carbocycles. The summed E-state index contributed by atoms with van der Waals surface area (Å²) in [7, 11) is 0. The summed E-state index contributed by atoms with van der Waals surface area (Å²) in [5.74, 6) is -0.554. The number of hydrogen-bond acceptors (Lipinski definition) is 3. The maximum atomic E-state index is 12.9. The molecule has 15 heavy (non-hydrogen) atoms. The van der Waals surface area contributed by atoms with Crippen molar-refractivity contribution < 1.29 is 8.78 Å². The molecule has 0 radical (unpaired) electrons. The minimum atomic E-state index is -0.742. The summed E-state index contributed by atoms with van der Waals surface area (Å²) in [5.41, 5.74) is 6.75. The highest BCUT2D eigenvalue weighted by Gasteiger charge is 2.20. The molecule has 2 heterocycles. The topological polar surface area (TPSA) is 42.1 Å². The van der Waals surface area contributed by atoms with E-state index in [4.69, 9.17) is 5.73 Å². The zero-order valence-electron chi connectivity index (χ0n) is 8.29. The summed E-state index contributed by atoms with van der Waals surface area (Å²) >= 11 is 0. The van der Waals surface area contributed by atoms with Crippen molar-refractivity contribution in [3.8, 4) is 0 Å². The van der Waals surface area contributed by atoms with Crippen LogP contribution in [0.4, 0.5) is 20.2 Å². The van der Waals surface area contributed by atoms with Gasteiger partial charge in [0.25, 0.3) is 0 Å². The predicted molar refractivity (Wildman–Crippen MR) is 55.0 cm³/mol. The minimum absolute atomic E-state index is 0.439. The first kappa shape index (κ1) is 10.1. The van der Waals surface area contributed by atoms with Crippen LogP contribution < -0.4 is 10.6 Å². The fourth-order valence-electron chi connectivity index (χ4n) is 1.79. The molecule has 1 fully saturated rings. The van der Waals surface area contributed by atoms with E-state index in [2.05, 4.69) is 4.98 Å². The van der Waals surface area contributed by atoms with Gasteiger partial charge >= 0.3 is 0 Å².